The highest BCUT2D eigenvalue weighted by Crippen LogP contribution is 2.34. The number of piperidine rings is 1. The maximum Gasteiger partial charge on any atom is 0.391 e. The van der Waals surface area contributed by atoms with Gasteiger partial charge >= 0.3 is 18.2 Å². The molecule has 1 saturated heterocycles. The molecule has 0 saturated carbocycles. The lowest BCUT2D eigenvalue weighted by Gasteiger charge is -2.35. The molecule has 0 radical (unpaired) electrons. The van der Waals surface area contributed by atoms with Crippen molar-refractivity contribution in [1.29, 1.82) is 0 Å². The number of urea groups is 1. The predicted molar refractivity (Wildman–Crippen MR) is 66.8 cm³/mol. The van der Waals surface area contributed by atoms with Crippen LogP contribution in [0.3, 0.4) is 0 Å². The van der Waals surface area contributed by atoms with Gasteiger partial charge in [-0.25, -0.2) is 4.79 Å². The van der Waals surface area contributed by atoms with Crippen molar-refractivity contribution in [2.75, 3.05) is 39.9 Å². The number of hydrogen-bond acceptors (Lipinski definition) is 3. The summed E-state index contributed by atoms with van der Waals surface area (Å²) in [6, 6.07) is -0.560. The van der Waals surface area contributed by atoms with Gasteiger partial charge in [0.2, 0.25) is 0 Å². The number of halogens is 3. The Morgan fingerprint density at radius 1 is 1.33 bits per heavy atom. The van der Waals surface area contributed by atoms with Gasteiger partial charge in [-0.1, -0.05) is 0 Å². The van der Waals surface area contributed by atoms with Crippen LogP contribution in [-0.2, 0) is 9.53 Å². The van der Waals surface area contributed by atoms with E-state index in [1.165, 1.54) is 12.0 Å². The smallest absolute Gasteiger partial charge is 0.391 e. The van der Waals surface area contributed by atoms with E-state index in [4.69, 9.17) is 9.84 Å². The molecule has 1 N–H and O–H groups in total. The summed E-state index contributed by atoms with van der Waals surface area (Å²) in [5, 5.41) is 8.78. The Kier molecular flexibility index (Phi) is 6.25. The van der Waals surface area contributed by atoms with Gasteiger partial charge in [-0.15, -0.1) is 0 Å². The molecule has 0 unspecified atom stereocenters. The van der Waals surface area contributed by atoms with Crippen LogP contribution in [0.25, 0.3) is 0 Å². The average molecular weight is 312 g/mol. The number of alkyl halides is 3. The predicted octanol–water partition coefficient (Wildman–Crippen LogP) is 1.41. The number of likely N-dealkylation sites (tertiary alicyclic amines) is 1. The molecule has 0 aliphatic carbocycles. The number of carboxylic acids is 1. The van der Waals surface area contributed by atoms with Crippen molar-refractivity contribution in [3.8, 4) is 0 Å². The average Bonchev–Trinajstić information content (AvgIpc) is 2.41. The largest absolute Gasteiger partial charge is 0.480 e. The number of ether oxygens (including phenoxy) is 1. The molecular formula is C12H19F3N2O4. The van der Waals surface area contributed by atoms with E-state index >= 15 is 0 Å². The van der Waals surface area contributed by atoms with E-state index < -0.39 is 30.6 Å². The van der Waals surface area contributed by atoms with Crippen molar-refractivity contribution in [2.45, 2.75) is 19.0 Å². The molecule has 0 aromatic carbocycles. The van der Waals surface area contributed by atoms with E-state index in [1.807, 2.05) is 0 Å². The van der Waals surface area contributed by atoms with Gasteiger partial charge in [-0.3, -0.25) is 4.79 Å². The second-order valence-corrected chi connectivity index (χ2v) is 4.89. The third-order valence-corrected chi connectivity index (χ3v) is 3.39. The van der Waals surface area contributed by atoms with Crippen molar-refractivity contribution in [3.05, 3.63) is 0 Å². The number of carbonyl (C=O) groups excluding carboxylic acids is 1. The minimum absolute atomic E-state index is 0.0217. The van der Waals surface area contributed by atoms with Crippen LogP contribution < -0.4 is 0 Å². The summed E-state index contributed by atoms with van der Waals surface area (Å²) in [4.78, 5) is 25.2. The summed E-state index contributed by atoms with van der Waals surface area (Å²) >= 11 is 0. The fraction of sp³-hybridized carbons (Fsp3) is 0.833. The van der Waals surface area contributed by atoms with Crippen LogP contribution >= 0.6 is 0 Å². The number of carboxylic acid groups (broad SMARTS) is 1. The van der Waals surface area contributed by atoms with Gasteiger partial charge in [0.25, 0.3) is 0 Å². The van der Waals surface area contributed by atoms with Gasteiger partial charge in [0, 0.05) is 26.7 Å². The standard InChI is InChI=1S/C12H19F3N2O4/c1-21-7-6-17(8-10(18)19)11(20)16-4-2-9(3-5-16)12(13,14)15/h9H,2-8H2,1H3,(H,18,19). The Balaban J connectivity index is 2.58. The molecule has 0 atom stereocenters. The molecule has 122 valence electrons. The van der Waals surface area contributed by atoms with Crippen LogP contribution in [0.2, 0.25) is 0 Å². The van der Waals surface area contributed by atoms with Gasteiger partial charge < -0.3 is 19.6 Å². The molecule has 2 amide bonds. The summed E-state index contributed by atoms with van der Waals surface area (Å²) in [6.45, 7) is -0.293. The topological polar surface area (TPSA) is 70.1 Å². The van der Waals surface area contributed by atoms with E-state index in [0.29, 0.717) is 0 Å². The van der Waals surface area contributed by atoms with Gasteiger partial charge in [-0.05, 0) is 12.8 Å². The second kappa shape index (κ2) is 7.48. The van der Waals surface area contributed by atoms with Gasteiger partial charge in [0.1, 0.15) is 6.54 Å². The number of rotatable bonds is 5. The van der Waals surface area contributed by atoms with Crippen LogP contribution in [0.4, 0.5) is 18.0 Å². The zero-order valence-electron chi connectivity index (χ0n) is 11.7. The lowest BCUT2D eigenvalue weighted by Crippen LogP contribution is -2.50. The maximum absolute atomic E-state index is 12.6. The van der Waals surface area contributed by atoms with E-state index in [-0.39, 0.29) is 39.1 Å². The van der Waals surface area contributed by atoms with Crippen LogP contribution in [0.1, 0.15) is 12.8 Å². The normalized spacial score (nSPS) is 16.9. The number of hydrogen-bond donors (Lipinski definition) is 1. The van der Waals surface area contributed by atoms with Gasteiger partial charge in [0.05, 0.1) is 12.5 Å². The monoisotopic (exact) mass is 312 g/mol. The Morgan fingerprint density at radius 2 is 1.90 bits per heavy atom. The maximum atomic E-state index is 12.6. The molecule has 0 spiro atoms. The van der Waals surface area contributed by atoms with Crippen LogP contribution in [-0.4, -0.2) is 73.0 Å². The van der Waals surface area contributed by atoms with Crippen LogP contribution in [0.5, 0.6) is 0 Å². The third kappa shape index (κ3) is 5.41. The van der Waals surface area contributed by atoms with E-state index in [2.05, 4.69) is 0 Å². The highest BCUT2D eigenvalue weighted by molar-refractivity contribution is 5.80. The lowest BCUT2D eigenvalue weighted by atomic mass is 9.96. The summed E-state index contributed by atoms with van der Waals surface area (Å²) in [7, 11) is 1.41. The summed E-state index contributed by atoms with van der Waals surface area (Å²) in [5.41, 5.74) is 0. The molecule has 0 aromatic heterocycles. The minimum Gasteiger partial charge on any atom is -0.480 e. The molecule has 1 fully saturated rings. The lowest BCUT2D eigenvalue weighted by molar-refractivity contribution is -0.183. The van der Waals surface area contributed by atoms with Crippen molar-refractivity contribution < 1.29 is 32.6 Å². The first-order valence-corrected chi connectivity index (χ1v) is 6.57. The first-order chi connectivity index (χ1) is 9.75. The summed E-state index contributed by atoms with van der Waals surface area (Å²) in [5.74, 6) is -2.57. The first-order valence-electron chi connectivity index (χ1n) is 6.57. The highest BCUT2D eigenvalue weighted by Gasteiger charge is 2.42. The molecule has 1 aliphatic heterocycles. The Morgan fingerprint density at radius 3 is 2.33 bits per heavy atom. The molecule has 9 heteroatoms. The summed E-state index contributed by atoms with van der Waals surface area (Å²) < 4.78 is 42.5. The molecule has 0 bridgehead atoms. The van der Waals surface area contributed by atoms with Crippen LogP contribution in [0, 0.1) is 5.92 Å². The quantitative estimate of drug-likeness (QED) is 0.833. The molecular weight excluding hydrogens is 293 g/mol. The minimum atomic E-state index is -4.24. The summed E-state index contributed by atoms with van der Waals surface area (Å²) in [6.07, 6.45) is -4.55. The molecule has 6 nitrogen and oxygen atoms in total. The highest BCUT2D eigenvalue weighted by atomic mass is 19.4. The Labute approximate surface area is 120 Å². The van der Waals surface area contributed by atoms with Gasteiger partial charge in [-0.2, -0.15) is 13.2 Å². The van der Waals surface area contributed by atoms with Gasteiger partial charge in [0.15, 0.2) is 0 Å². The molecule has 1 heterocycles. The van der Waals surface area contributed by atoms with Crippen molar-refractivity contribution in [2.24, 2.45) is 5.92 Å². The second-order valence-electron chi connectivity index (χ2n) is 4.89. The van der Waals surface area contributed by atoms with Crippen molar-refractivity contribution in [3.63, 3.8) is 0 Å². The van der Waals surface area contributed by atoms with E-state index in [0.717, 1.165) is 4.90 Å². The SMILES string of the molecule is COCCN(CC(=O)O)C(=O)N1CCC(C(F)(F)F)CC1. The molecule has 1 aliphatic rings. The first kappa shape index (κ1) is 17.5. The fourth-order valence-corrected chi connectivity index (χ4v) is 2.21. The molecule has 1 rings (SSSR count). The van der Waals surface area contributed by atoms with Crippen molar-refractivity contribution in [1.82, 2.24) is 9.80 Å². The fourth-order valence-electron chi connectivity index (χ4n) is 2.21. The zero-order chi connectivity index (χ0) is 16.0. The van der Waals surface area contributed by atoms with E-state index in [9.17, 15) is 22.8 Å². The Hall–Kier alpha value is -1.51. The molecule has 0 aromatic rings. The van der Waals surface area contributed by atoms with E-state index in [1.54, 1.807) is 0 Å². The van der Waals surface area contributed by atoms with Crippen LogP contribution in [0.15, 0.2) is 0 Å². The number of amides is 2. The zero-order valence-corrected chi connectivity index (χ0v) is 11.7. The molecule has 21 heavy (non-hydrogen) atoms. The van der Waals surface area contributed by atoms with Crippen molar-refractivity contribution >= 4 is 12.0 Å². The Bertz CT molecular complexity index is 368. The number of aliphatic carboxylic acids is 1. The third-order valence-electron chi connectivity index (χ3n) is 3.39. The number of carbonyl (C=O) groups is 2. The number of methoxy groups -OCH3 is 1. The number of nitrogens with zero attached hydrogens (tertiary/aromatic N) is 2.